The van der Waals surface area contributed by atoms with E-state index in [1.165, 1.54) is 38.1 Å². The van der Waals surface area contributed by atoms with Crippen molar-refractivity contribution in [3.63, 3.8) is 0 Å². The van der Waals surface area contributed by atoms with Crippen molar-refractivity contribution >= 4 is 69.7 Å². The molecule has 16 heteroatoms. The molecule has 0 aliphatic heterocycles. The Morgan fingerprint density at radius 3 is 1.57 bits per heavy atom. The van der Waals surface area contributed by atoms with Crippen molar-refractivity contribution in [1.29, 1.82) is 0 Å². The van der Waals surface area contributed by atoms with Gasteiger partial charge in [-0.15, -0.1) is 23.5 Å². The minimum Gasteiger partial charge on any atom is -0.343 e. The van der Waals surface area contributed by atoms with Crippen LogP contribution in [0.3, 0.4) is 0 Å². The zero-order valence-electron chi connectivity index (χ0n) is 17.9. The van der Waals surface area contributed by atoms with Crippen LogP contribution < -0.4 is 5.43 Å². The van der Waals surface area contributed by atoms with Gasteiger partial charge in [0.2, 0.25) is 10.1 Å². The van der Waals surface area contributed by atoms with Crippen molar-refractivity contribution in [3.8, 4) is 0 Å². The molecule has 0 bridgehead atoms. The number of nitrogens with one attached hydrogen (secondary N) is 1. The smallest absolute Gasteiger partial charge is 0.343 e. The lowest BCUT2D eigenvalue weighted by Gasteiger charge is -2.19. The fourth-order valence-corrected chi connectivity index (χ4v) is 2.68. The number of hydrogen-bond acceptors (Lipinski definition) is 12. The summed E-state index contributed by atoms with van der Waals surface area (Å²) in [5, 5.41) is 8.35. The van der Waals surface area contributed by atoms with Gasteiger partial charge in [0.1, 0.15) is 0 Å². The van der Waals surface area contributed by atoms with Gasteiger partial charge in [0.25, 0.3) is 11.8 Å². The van der Waals surface area contributed by atoms with Crippen LogP contribution in [-0.4, -0.2) is 107 Å². The number of rotatable bonds is 5. The maximum atomic E-state index is 12.0. The molecule has 30 heavy (non-hydrogen) atoms. The molecule has 0 saturated heterocycles. The van der Waals surface area contributed by atoms with E-state index in [0.29, 0.717) is 12.1 Å². The third-order valence-electron chi connectivity index (χ3n) is 2.67. The quantitative estimate of drug-likeness (QED) is 0.196. The Kier molecular flexibility index (Phi) is 12.9. The van der Waals surface area contributed by atoms with Crippen molar-refractivity contribution in [2.45, 2.75) is 0 Å². The molecule has 13 nitrogen and oxygen atoms in total. The van der Waals surface area contributed by atoms with Crippen LogP contribution in [0.1, 0.15) is 0 Å². The Labute approximate surface area is 187 Å². The SMILES string of the molecule is CSC(=NOC(=O)N(C)SN(C)C(=O)ON=C(SC)C(=O)N(C)C)C(=O)NN(C)C. The summed E-state index contributed by atoms with van der Waals surface area (Å²) in [6, 6.07) is 0. The average Bonchev–Trinajstić information content (AvgIpc) is 2.67. The first-order chi connectivity index (χ1) is 13.9. The minimum atomic E-state index is -0.944. The van der Waals surface area contributed by atoms with E-state index in [-0.39, 0.29) is 10.1 Å². The van der Waals surface area contributed by atoms with Crippen LogP contribution >= 0.6 is 35.7 Å². The van der Waals surface area contributed by atoms with Gasteiger partial charge in [0.15, 0.2) is 0 Å². The first-order valence-electron chi connectivity index (χ1n) is 7.95. The van der Waals surface area contributed by atoms with Crippen LogP contribution in [0.2, 0.25) is 0 Å². The molecule has 4 amide bonds. The Balaban J connectivity index is 4.83. The van der Waals surface area contributed by atoms with Crippen molar-refractivity contribution in [3.05, 3.63) is 0 Å². The molecule has 0 saturated carbocycles. The molecular formula is C14H25N7O6S3. The molecule has 0 aromatic heterocycles. The van der Waals surface area contributed by atoms with Gasteiger partial charge in [0, 0.05) is 42.3 Å². The van der Waals surface area contributed by atoms with Gasteiger partial charge < -0.3 is 4.90 Å². The Hall–Kier alpha value is -2.17. The molecule has 0 fully saturated rings. The van der Waals surface area contributed by atoms with Crippen LogP contribution in [0.15, 0.2) is 10.3 Å². The van der Waals surface area contributed by atoms with E-state index in [0.717, 1.165) is 32.1 Å². The topological polar surface area (TPSA) is 136 Å². The summed E-state index contributed by atoms with van der Waals surface area (Å²) in [6.45, 7) is 0. The van der Waals surface area contributed by atoms with Gasteiger partial charge in [-0.2, -0.15) is 0 Å². The summed E-state index contributed by atoms with van der Waals surface area (Å²) in [4.78, 5) is 58.4. The molecule has 170 valence electrons. The highest BCUT2D eigenvalue weighted by Crippen LogP contribution is 2.15. The number of hydrogen-bond donors (Lipinski definition) is 1. The number of amides is 4. The predicted octanol–water partition coefficient (Wildman–Crippen LogP) is 0.720. The highest BCUT2D eigenvalue weighted by Gasteiger charge is 2.21. The second-order valence-corrected chi connectivity index (χ2v) is 8.38. The molecule has 0 rings (SSSR count). The van der Waals surface area contributed by atoms with E-state index >= 15 is 0 Å². The number of hydrazine groups is 1. The van der Waals surface area contributed by atoms with Gasteiger partial charge in [-0.3, -0.25) is 24.7 Å². The van der Waals surface area contributed by atoms with E-state index in [4.69, 9.17) is 9.68 Å². The molecule has 0 aliphatic rings. The summed E-state index contributed by atoms with van der Waals surface area (Å²) in [5.74, 6) is -0.974. The zero-order chi connectivity index (χ0) is 23.4. The van der Waals surface area contributed by atoms with Crippen LogP contribution in [0.25, 0.3) is 0 Å². The van der Waals surface area contributed by atoms with Crippen LogP contribution in [-0.2, 0) is 19.3 Å². The molecule has 0 aromatic carbocycles. The number of carbonyl (C=O) groups excluding carboxylic acids is 4. The molecule has 0 atom stereocenters. The summed E-state index contributed by atoms with van der Waals surface area (Å²) in [6.07, 6.45) is 1.32. The lowest BCUT2D eigenvalue weighted by molar-refractivity contribution is -0.121. The van der Waals surface area contributed by atoms with Gasteiger partial charge in [-0.05, 0) is 12.5 Å². The Morgan fingerprint density at radius 2 is 1.20 bits per heavy atom. The average molecular weight is 484 g/mol. The molecule has 0 radical (unpaired) electrons. The largest absolute Gasteiger partial charge is 0.447 e. The molecule has 1 N–H and O–H groups in total. The normalized spacial score (nSPS) is 11.6. The molecule has 0 aromatic rings. The summed E-state index contributed by atoms with van der Waals surface area (Å²) >= 11 is 2.63. The highest BCUT2D eigenvalue weighted by atomic mass is 32.2. The fourth-order valence-electron chi connectivity index (χ4n) is 1.30. The third-order valence-corrected chi connectivity index (χ3v) is 4.74. The number of thioether (sulfide) groups is 2. The van der Waals surface area contributed by atoms with Crippen molar-refractivity contribution in [2.75, 3.05) is 54.8 Å². The fraction of sp³-hybridized carbons (Fsp3) is 0.571. The zero-order valence-corrected chi connectivity index (χ0v) is 20.3. The van der Waals surface area contributed by atoms with Crippen molar-refractivity contribution < 1.29 is 28.9 Å². The van der Waals surface area contributed by atoms with E-state index in [2.05, 4.69) is 15.7 Å². The maximum absolute atomic E-state index is 12.0. The standard InChI is InChI=1S/C14H25N7O6S3/c1-18(2)12(23)11(29-8)17-27-14(25)21(6)30-20(5)13(24)26-16-10(28-7)9(22)15-19(3)4/h1-8H3,(H,15,22). The second-order valence-electron chi connectivity index (χ2n) is 5.53. The van der Waals surface area contributed by atoms with E-state index in [1.807, 2.05) is 0 Å². The van der Waals surface area contributed by atoms with Crippen molar-refractivity contribution in [2.24, 2.45) is 10.3 Å². The van der Waals surface area contributed by atoms with Gasteiger partial charge >= 0.3 is 12.2 Å². The van der Waals surface area contributed by atoms with Crippen LogP contribution in [0.5, 0.6) is 0 Å². The summed E-state index contributed by atoms with van der Waals surface area (Å²) in [5.41, 5.74) is 2.46. The van der Waals surface area contributed by atoms with Gasteiger partial charge in [-0.25, -0.2) is 23.2 Å². The van der Waals surface area contributed by atoms with Gasteiger partial charge in [-0.1, -0.05) is 10.3 Å². The number of oxime groups is 2. The summed E-state index contributed by atoms with van der Waals surface area (Å²) < 4.78 is 1.89. The number of nitrogens with zero attached hydrogens (tertiary/aromatic N) is 6. The lowest BCUT2D eigenvalue weighted by Crippen LogP contribution is -2.39. The monoisotopic (exact) mass is 483 g/mol. The number of carbonyl (C=O) groups is 4. The first kappa shape index (κ1) is 27.8. The van der Waals surface area contributed by atoms with Crippen LogP contribution in [0, 0.1) is 0 Å². The van der Waals surface area contributed by atoms with E-state index in [1.54, 1.807) is 26.6 Å². The molecule has 0 heterocycles. The van der Waals surface area contributed by atoms with Crippen LogP contribution in [0.4, 0.5) is 9.59 Å². The summed E-state index contributed by atoms with van der Waals surface area (Å²) in [7, 11) is 8.94. The molecule has 0 unspecified atom stereocenters. The molecule has 0 aliphatic carbocycles. The Bertz CT molecular complexity index is 702. The maximum Gasteiger partial charge on any atom is 0.447 e. The minimum absolute atomic E-state index is 0.0190. The van der Waals surface area contributed by atoms with E-state index < -0.39 is 24.0 Å². The van der Waals surface area contributed by atoms with E-state index in [9.17, 15) is 19.2 Å². The van der Waals surface area contributed by atoms with Crippen molar-refractivity contribution in [1.82, 2.24) is 23.9 Å². The Morgan fingerprint density at radius 1 is 0.767 bits per heavy atom. The highest BCUT2D eigenvalue weighted by molar-refractivity contribution is 8.15. The first-order valence-corrected chi connectivity index (χ1v) is 11.1. The molecule has 0 spiro atoms. The molecular weight excluding hydrogens is 458 g/mol. The van der Waals surface area contributed by atoms with Gasteiger partial charge in [0.05, 0.1) is 12.1 Å². The lowest BCUT2D eigenvalue weighted by atomic mass is 10.6. The predicted molar refractivity (Wildman–Crippen MR) is 119 cm³/mol. The second kappa shape index (κ2) is 13.9. The third kappa shape index (κ3) is 10.0.